The summed E-state index contributed by atoms with van der Waals surface area (Å²) in [5, 5.41) is 11.3. The molecule has 1 aliphatic heterocycles. The van der Waals surface area contributed by atoms with Crippen molar-refractivity contribution in [2.24, 2.45) is 0 Å². The number of hydrogen-bond donors (Lipinski definition) is 1. The van der Waals surface area contributed by atoms with E-state index in [1.807, 2.05) is 13.0 Å². The van der Waals surface area contributed by atoms with Gasteiger partial charge in [0.1, 0.15) is 5.82 Å². The zero-order valence-corrected chi connectivity index (χ0v) is 10.7. The molecule has 1 N–H and O–H groups in total. The first-order valence-electron chi connectivity index (χ1n) is 6.18. The predicted molar refractivity (Wildman–Crippen MR) is 69.2 cm³/mol. The number of aryl methyl sites for hydroxylation is 1. The van der Waals surface area contributed by atoms with Gasteiger partial charge in [-0.2, -0.15) is 5.10 Å². The molecule has 0 amide bonds. The van der Waals surface area contributed by atoms with Gasteiger partial charge in [-0.1, -0.05) is 0 Å². The molecule has 17 heavy (non-hydrogen) atoms. The van der Waals surface area contributed by atoms with Crippen molar-refractivity contribution in [2.75, 3.05) is 51.6 Å². The van der Waals surface area contributed by atoms with Crippen LogP contribution in [-0.2, 0) is 0 Å². The maximum atomic E-state index is 4.05. The minimum absolute atomic E-state index is 0.874. The molecule has 0 bridgehead atoms. The summed E-state index contributed by atoms with van der Waals surface area (Å²) in [6, 6.07) is 2.02. The Morgan fingerprint density at radius 1 is 1.29 bits per heavy atom. The molecule has 0 saturated carbocycles. The molecular formula is C12H21N5. The van der Waals surface area contributed by atoms with Crippen LogP contribution < -0.4 is 5.32 Å². The Morgan fingerprint density at radius 2 is 2.06 bits per heavy atom. The average molecular weight is 235 g/mol. The number of likely N-dealkylation sites (N-methyl/N-ethyl adjacent to an activating group) is 1. The third-order valence-corrected chi connectivity index (χ3v) is 3.12. The number of nitrogens with zero attached hydrogens (tertiary/aromatic N) is 4. The van der Waals surface area contributed by atoms with Gasteiger partial charge in [0.25, 0.3) is 0 Å². The number of anilines is 1. The number of piperazine rings is 1. The molecule has 0 aliphatic carbocycles. The molecule has 0 aromatic carbocycles. The van der Waals surface area contributed by atoms with Crippen molar-refractivity contribution >= 4 is 5.82 Å². The van der Waals surface area contributed by atoms with Gasteiger partial charge in [-0.15, -0.1) is 5.10 Å². The van der Waals surface area contributed by atoms with Crippen molar-refractivity contribution in [3.63, 3.8) is 0 Å². The van der Waals surface area contributed by atoms with E-state index in [2.05, 4.69) is 32.4 Å². The van der Waals surface area contributed by atoms with Crippen molar-refractivity contribution in [1.29, 1.82) is 0 Å². The first-order chi connectivity index (χ1) is 8.24. The van der Waals surface area contributed by atoms with Crippen molar-refractivity contribution in [1.82, 2.24) is 20.0 Å². The van der Waals surface area contributed by atoms with Crippen LogP contribution in [0.25, 0.3) is 0 Å². The Hall–Kier alpha value is -1.20. The normalized spacial score (nSPS) is 18.2. The van der Waals surface area contributed by atoms with Gasteiger partial charge in [0, 0.05) is 39.3 Å². The summed E-state index contributed by atoms with van der Waals surface area (Å²) >= 11 is 0. The molecular weight excluding hydrogens is 214 g/mol. The number of rotatable bonds is 4. The van der Waals surface area contributed by atoms with Crippen LogP contribution in [0.5, 0.6) is 0 Å². The molecule has 0 atom stereocenters. The van der Waals surface area contributed by atoms with E-state index in [0.717, 1.165) is 37.6 Å². The van der Waals surface area contributed by atoms with E-state index in [0.29, 0.717) is 0 Å². The smallest absolute Gasteiger partial charge is 0.148 e. The van der Waals surface area contributed by atoms with Gasteiger partial charge < -0.3 is 10.2 Å². The van der Waals surface area contributed by atoms with Crippen LogP contribution in [0.1, 0.15) is 5.56 Å². The molecule has 94 valence electrons. The number of nitrogens with one attached hydrogen (secondary N) is 1. The molecule has 2 heterocycles. The SMILES string of the molecule is Cc1cnnc(NCCN2CCN(C)CC2)c1. The van der Waals surface area contributed by atoms with Crippen LogP contribution in [0.3, 0.4) is 0 Å². The van der Waals surface area contributed by atoms with E-state index < -0.39 is 0 Å². The topological polar surface area (TPSA) is 44.3 Å². The van der Waals surface area contributed by atoms with Gasteiger partial charge >= 0.3 is 0 Å². The minimum atomic E-state index is 0.874. The van der Waals surface area contributed by atoms with Crippen molar-refractivity contribution in [2.45, 2.75) is 6.92 Å². The first-order valence-corrected chi connectivity index (χ1v) is 6.18. The van der Waals surface area contributed by atoms with Crippen LogP contribution in [0.4, 0.5) is 5.82 Å². The Bertz CT molecular complexity index is 347. The highest BCUT2D eigenvalue weighted by atomic mass is 15.3. The molecule has 1 fully saturated rings. The second-order valence-corrected chi connectivity index (χ2v) is 4.69. The molecule has 0 unspecified atom stereocenters. The molecule has 0 spiro atoms. The maximum Gasteiger partial charge on any atom is 0.148 e. The van der Waals surface area contributed by atoms with Crippen LogP contribution in [0.2, 0.25) is 0 Å². The molecule has 1 aromatic rings. The second kappa shape index (κ2) is 5.93. The van der Waals surface area contributed by atoms with Gasteiger partial charge in [0.2, 0.25) is 0 Å². The van der Waals surface area contributed by atoms with Gasteiger partial charge in [-0.3, -0.25) is 4.90 Å². The van der Waals surface area contributed by atoms with E-state index >= 15 is 0 Å². The Morgan fingerprint density at radius 3 is 2.76 bits per heavy atom. The van der Waals surface area contributed by atoms with Crippen molar-refractivity contribution in [3.8, 4) is 0 Å². The van der Waals surface area contributed by atoms with E-state index in [9.17, 15) is 0 Å². The Labute approximate surface area is 103 Å². The van der Waals surface area contributed by atoms with Crippen molar-refractivity contribution < 1.29 is 0 Å². The minimum Gasteiger partial charge on any atom is -0.367 e. The zero-order chi connectivity index (χ0) is 12.1. The van der Waals surface area contributed by atoms with E-state index in [1.54, 1.807) is 6.20 Å². The lowest BCUT2D eigenvalue weighted by Crippen LogP contribution is -2.45. The fourth-order valence-corrected chi connectivity index (χ4v) is 1.96. The largest absolute Gasteiger partial charge is 0.367 e. The lowest BCUT2D eigenvalue weighted by atomic mass is 10.3. The highest BCUT2D eigenvalue weighted by Crippen LogP contribution is 2.03. The summed E-state index contributed by atoms with van der Waals surface area (Å²) in [5.41, 5.74) is 1.14. The third kappa shape index (κ3) is 3.94. The Kier molecular flexibility index (Phi) is 4.28. The summed E-state index contributed by atoms with van der Waals surface area (Å²) in [6.07, 6.45) is 1.77. The van der Waals surface area contributed by atoms with E-state index in [4.69, 9.17) is 0 Å². The number of aromatic nitrogens is 2. The summed E-state index contributed by atoms with van der Waals surface area (Å²) in [7, 11) is 2.18. The monoisotopic (exact) mass is 235 g/mol. The van der Waals surface area contributed by atoms with Gasteiger partial charge in [-0.05, 0) is 25.6 Å². The van der Waals surface area contributed by atoms with Crippen molar-refractivity contribution in [3.05, 3.63) is 17.8 Å². The summed E-state index contributed by atoms with van der Waals surface area (Å²) < 4.78 is 0. The Balaban J connectivity index is 1.69. The second-order valence-electron chi connectivity index (χ2n) is 4.69. The number of hydrogen-bond acceptors (Lipinski definition) is 5. The molecule has 1 aromatic heterocycles. The average Bonchev–Trinajstić information content (AvgIpc) is 2.32. The van der Waals surface area contributed by atoms with E-state index in [-0.39, 0.29) is 0 Å². The maximum absolute atomic E-state index is 4.05. The molecule has 0 radical (unpaired) electrons. The van der Waals surface area contributed by atoms with Gasteiger partial charge in [0.15, 0.2) is 0 Å². The predicted octanol–water partition coefficient (Wildman–Crippen LogP) is 0.444. The zero-order valence-electron chi connectivity index (χ0n) is 10.7. The highest BCUT2D eigenvalue weighted by Gasteiger charge is 2.12. The van der Waals surface area contributed by atoms with Crippen LogP contribution in [0, 0.1) is 6.92 Å². The fraction of sp³-hybridized carbons (Fsp3) is 0.667. The molecule has 1 saturated heterocycles. The summed E-state index contributed by atoms with van der Waals surface area (Å²) in [6.45, 7) is 8.70. The summed E-state index contributed by atoms with van der Waals surface area (Å²) in [5.74, 6) is 0.874. The molecule has 1 aliphatic rings. The lowest BCUT2D eigenvalue weighted by molar-refractivity contribution is 0.158. The third-order valence-electron chi connectivity index (χ3n) is 3.12. The molecule has 2 rings (SSSR count). The van der Waals surface area contributed by atoms with Gasteiger partial charge in [0.05, 0.1) is 6.20 Å². The fourth-order valence-electron chi connectivity index (χ4n) is 1.96. The van der Waals surface area contributed by atoms with Crippen LogP contribution in [-0.4, -0.2) is 66.3 Å². The van der Waals surface area contributed by atoms with Crippen LogP contribution >= 0.6 is 0 Å². The van der Waals surface area contributed by atoms with Crippen LogP contribution in [0.15, 0.2) is 12.3 Å². The van der Waals surface area contributed by atoms with E-state index in [1.165, 1.54) is 13.1 Å². The lowest BCUT2D eigenvalue weighted by Gasteiger charge is -2.32. The summed E-state index contributed by atoms with van der Waals surface area (Å²) in [4.78, 5) is 4.85. The van der Waals surface area contributed by atoms with Gasteiger partial charge in [-0.25, -0.2) is 0 Å². The molecule has 5 heteroatoms. The molecule has 5 nitrogen and oxygen atoms in total. The first kappa shape index (κ1) is 12.3. The standard InChI is InChI=1S/C12H21N5/c1-11-9-12(15-14-10-11)13-3-4-17-7-5-16(2)6-8-17/h9-10H,3-8H2,1-2H3,(H,13,15). The quantitative estimate of drug-likeness (QED) is 0.820. The highest BCUT2D eigenvalue weighted by molar-refractivity contribution is 5.34.